The molecule has 2 rings (SSSR count). The molecule has 0 saturated heterocycles. The molecule has 26 heavy (non-hydrogen) atoms. The Morgan fingerprint density at radius 3 is 2.23 bits per heavy atom. The molecule has 2 amide bonds. The number of nitrogens with one attached hydrogen (secondary N) is 2. The normalized spacial score (nSPS) is 10.3. The highest BCUT2D eigenvalue weighted by atomic mass is 19.1. The molecular weight excluding hydrogens is 333 g/mol. The van der Waals surface area contributed by atoms with Crippen LogP contribution in [0, 0.1) is 5.82 Å². The van der Waals surface area contributed by atoms with E-state index >= 15 is 0 Å². The quantitative estimate of drug-likeness (QED) is 0.745. The molecule has 0 bridgehead atoms. The van der Waals surface area contributed by atoms with Crippen molar-refractivity contribution in [2.45, 2.75) is 26.7 Å². The highest BCUT2D eigenvalue weighted by molar-refractivity contribution is 5.99. The van der Waals surface area contributed by atoms with E-state index in [1.165, 1.54) is 18.2 Å². The molecule has 0 unspecified atom stereocenters. The fraction of sp³-hybridized carbons (Fsp3) is 0.300. The standard InChI is InChI=1S/C20H24FN3O2/c1-3-5-14-24(4-2)16-12-10-15(11-13-16)19(25)22-23-20(26)17-8-6-7-9-18(17)21/h6-13H,3-5,14H2,1-2H3,(H,22,25)(H,23,26). The van der Waals surface area contributed by atoms with Crippen LogP contribution in [-0.2, 0) is 0 Å². The van der Waals surface area contributed by atoms with E-state index < -0.39 is 17.6 Å². The molecule has 0 aliphatic rings. The summed E-state index contributed by atoms with van der Waals surface area (Å²) >= 11 is 0. The van der Waals surface area contributed by atoms with Gasteiger partial charge in [-0.3, -0.25) is 20.4 Å². The molecule has 0 fully saturated rings. The molecule has 0 atom stereocenters. The van der Waals surface area contributed by atoms with Crippen molar-refractivity contribution in [3.05, 3.63) is 65.5 Å². The van der Waals surface area contributed by atoms with Crippen LogP contribution < -0.4 is 15.8 Å². The summed E-state index contributed by atoms with van der Waals surface area (Å²) in [6, 6.07) is 12.8. The number of hydrazine groups is 1. The van der Waals surface area contributed by atoms with Gasteiger partial charge < -0.3 is 4.90 Å². The maximum Gasteiger partial charge on any atom is 0.272 e. The monoisotopic (exact) mass is 357 g/mol. The Balaban J connectivity index is 1.95. The Kier molecular flexibility index (Phi) is 7.14. The minimum atomic E-state index is -0.704. The summed E-state index contributed by atoms with van der Waals surface area (Å²) in [5.74, 6) is -1.81. The SMILES string of the molecule is CCCCN(CC)c1ccc(C(=O)NNC(=O)c2ccccc2F)cc1. The molecule has 0 radical (unpaired) electrons. The smallest absolute Gasteiger partial charge is 0.272 e. The first-order chi connectivity index (χ1) is 12.6. The minimum Gasteiger partial charge on any atom is -0.372 e. The number of carbonyl (C=O) groups is 2. The predicted octanol–water partition coefficient (Wildman–Crippen LogP) is 3.53. The average molecular weight is 357 g/mol. The van der Waals surface area contributed by atoms with Crippen LogP contribution >= 0.6 is 0 Å². The minimum absolute atomic E-state index is 0.127. The third-order valence-corrected chi connectivity index (χ3v) is 4.07. The topological polar surface area (TPSA) is 61.4 Å². The zero-order chi connectivity index (χ0) is 18.9. The predicted molar refractivity (Wildman–Crippen MR) is 101 cm³/mol. The van der Waals surface area contributed by atoms with Crippen molar-refractivity contribution in [2.24, 2.45) is 0 Å². The van der Waals surface area contributed by atoms with Gasteiger partial charge in [0.1, 0.15) is 5.82 Å². The van der Waals surface area contributed by atoms with Gasteiger partial charge in [0.25, 0.3) is 11.8 Å². The van der Waals surface area contributed by atoms with Gasteiger partial charge in [0.05, 0.1) is 5.56 Å². The van der Waals surface area contributed by atoms with Gasteiger partial charge in [-0.15, -0.1) is 0 Å². The van der Waals surface area contributed by atoms with Crippen molar-refractivity contribution in [3.63, 3.8) is 0 Å². The van der Waals surface area contributed by atoms with Crippen molar-refractivity contribution in [1.82, 2.24) is 10.9 Å². The van der Waals surface area contributed by atoms with E-state index in [4.69, 9.17) is 0 Å². The van der Waals surface area contributed by atoms with Crippen LogP contribution in [-0.4, -0.2) is 24.9 Å². The van der Waals surface area contributed by atoms with Crippen molar-refractivity contribution < 1.29 is 14.0 Å². The molecule has 0 aliphatic carbocycles. The van der Waals surface area contributed by atoms with Gasteiger partial charge in [-0.05, 0) is 49.7 Å². The Morgan fingerprint density at radius 2 is 1.62 bits per heavy atom. The summed E-state index contributed by atoms with van der Waals surface area (Å²) in [5, 5.41) is 0. The van der Waals surface area contributed by atoms with E-state index in [1.54, 1.807) is 18.2 Å². The number of unbranched alkanes of at least 4 members (excludes halogenated alkanes) is 1. The molecular formula is C20H24FN3O2. The number of rotatable bonds is 7. The molecule has 0 spiro atoms. The van der Waals surface area contributed by atoms with E-state index in [2.05, 4.69) is 29.6 Å². The van der Waals surface area contributed by atoms with Gasteiger partial charge in [-0.25, -0.2) is 4.39 Å². The van der Waals surface area contributed by atoms with Crippen LogP contribution in [0.1, 0.15) is 47.4 Å². The van der Waals surface area contributed by atoms with Crippen LogP contribution in [0.2, 0.25) is 0 Å². The number of carbonyl (C=O) groups excluding carboxylic acids is 2. The second-order valence-corrected chi connectivity index (χ2v) is 5.87. The number of hydrogen-bond donors (Lipinski definition) is 2. The largest absolute Gasteiger partial charge is 0.372 e. The van der Waals surface area contributed by atoms with Crippen molar-refractivity contribution in [3.8, 4) is 0 Å². The van der Waals surface area contributed by atoms with Gasteiger partial charge in [-0.1, -0.05) is 25.5 Å². The summed E-state index contributed by atoms with van der Waals surface area (Å²) in [6.45, 7) is 6.10. The zero-order valence-corrected chi connectivity index (χ0v) is 15.1. The summed E-state index contributed by atoms with van der Waals surface area (Å²) in [6.07, 6.45) is 2.23. The van der Waals surface area contributed by atoms with Crippen LogP contribution in [0.4, 0.5) is 10.1 Å². The van der Waals surface area contributed by atoms with E-state index in [9.17, 15) is 14.0 Å². The zero-order valence-electron chi connectivity index (χ0n) is 15.1. The van der Waals surface area contributed by atoms with Crippen molar-refractivity contribution in [1.29, 1.82) is 0 Å². The van der Waals surface area contributed by atoms with Gasteiger partial charge in [0.2, 0.25) is 0 Å². The molecule has 0 aromatic heterocycles. The Bertz CT molecular complexity index is 747. The van der Waals surface area contributed by atoms with Crippen LogP contribution in [0.25, 0.3) is 0 Å². The number of anilines is 1. The lowest BCUT2D eigenvalue weighted by Crippen LogP contribution is -2.41. The first kappa shape index (κ1) is 19.4. The maximum atomic E-state index is 13.6. The average Bonchev–Trinajstić information content (AvgIpc) is 2.67. The molecule has 2 aromatic carbocycles. The Morgan fingerprint density at radius 1 is 0.962 bits per heavy atom. The van der Waals surface area contributed by atoms with Gasteiger partial charge in [0.15, 0.2) is 0 Å². The van der Waals surface area contributed by atoms with E-state index in [0.29, 0.717) is 5.56 Å². The molecule has 0 heterocycles. The number of amides is 2. The lowest BCUT2D eigenvalue weighted by molar-refractivity contribution is 0.0844. The lowest BCUT2D eigenvalue weighted by Gasteiger charge is -2.23. The molecule has 5 nitrogen and oxygen atoms in total. The summed E-state index contributed by atoms with van der Waals surface area (Å²) in [7, 11) is 0. The highest BCUT2D eigenvalue weighted by Gasteiger charge is 2.13. The maximum absolute atomic E-state index is 13.6. The number of halogens is 1. The van der Waals surface area contributed by atoms with Gasteiger partial charge in [0, 0.05) is 24.3 Å². The Hall–Kier alpha value is -2.89. The van der Waals surface area contributed by atoms with Crippen LogP contribution in [0.3, 0.4) is 0 Å². The first-order valence-corrected chi connectivity index (χ1v) is 8.77. The summed E-state index contributed by atoms with van der Waals surface area (Å²) in [5.41, 5.74) is 5.86. The number of nitrogens with zero attached hydrogens (tertiary/aromatic N) is 1. The van der Waals surface area contributed by atoms with E-state index in [1.807, 2.05) is 12.1 Å². The molecule has 6 heteroatoms. The fourth-order valence-electron chi connectivity index (χ4n) is 2.54. The summed E-state index contributed by atoms with van der Waals surface area (Å²) in [4.78, 5) is 26.3. The van der Waals surface area contributed by atoms with Gasteiger partial charge in [-0.2, -0.15) is 0 Å². The van der Waals surface area contributed by atoms with Crippen LogP contribution in [0.5, 0.6) is 0 Å². The van der Waals surface area contributed by atoms with Gasteiger partial charge >= 0.3 is 0 Å². The Labute approximate surface area is 153 Å². The molecule has 2 N–H and O–H groups in total. The number of benzene rings is 2. The second kappa shape index (κ2) is 9.56. The molecule has 0 saturated carbocycles. The van der Waals surface area contributed by atoms with E-state index in [-0.39, 0.29) is 5.56 Å². The summed E-state index contributed by atoms with van der Waals surface area (Å²) < 4.78 is 13.6. The third-order valence-electron chi connectivity index (χ3n) is 4.07. The molecule has 138 valence electrons. The van der Waals surface area contributed by atoms with Crippen LogP contribution in [0.15, 0.2) is 48.5 Å². The van der Waals surface area contributed by atoms with Crippen molar-refractivity contribution >= 4 is 17.5 Å². The van der Waals surface area contributed by atoms with E-state index in [0.717, 1.165) is 31.6 Å². The molecule has 0 aliphatic heterocycles. The van der Waals surface area contributed by atoms with Crippen molar-refractivity contribution in [2.75, 3.05) is 18.0 Å². The second-order valence-electron chi connectivity index (χ2n) is 5.87. The lowest BCUT2D eigenvalue weighted by atomic mass is 10.1. The molecule has 2 aromatic rings. The highest BCUT2D eigenvalue weighted by Crippen LogP contribution is 2.16. The number of hydrogen-bond acceptors (Lipinski definition) is 3. The first-order valence-electron chi connectivity index (χ1n) is 8.77. The third kappa shape index (κ3) is 5.05. The fourth-order valence-corrected chi connectivity index (χ4v) is 2.54.